The molecule has 2 N–H and O–H groups in total. The predicted molar refractivity (Wildman–Crippen MR) is 120 cm³/mol. The molecule has 5 rings (SSSR count). The highest BCUT2D eigenvalue weighted by molar-refractivity contribution is 6.21. The van der Waals surface area contributed by atoms with Crippen LogP contribution in [0.5, 0.6) is 0 Å². The Bertz CT molecular complexity index is 1110. The van der Waals surface area contributed by atoms with Crippen LogP contribution in [-0.4, -0.2) is 45.9 Å². The molecule has 0 atom stereocenters. The van der Waals surface area contributed by atoms with E-state index in [0.29, 0.717) is 23.7 Å². The minimum absolute atomic E-state index is 0.0214. The molecule has 2 amide bonds. The Morgan fingerprint density at radius 2 is 1.52 bits per heavy atom. The van der Waals surface area contributed by atoms with Crippen molar-refractivity contribution >= 4 is 22.8 Å². The van der Waals surface area contributed by atoms with Crippen molar-refractivity contribution in [1.29, 1.82) is 0 Å². The topological polar surface area (TPSA) is 87.2 Å². The van der Waals surface area contributed by atoms with E-state index in [4.69, 9.17) is 0 Å². The third kappa shape index (κ3) is 4.18. The van der Waals surface area contributed by atoms with Crippen LogP contribution in [0.25, 0.3) is 11.0 Å². The third-order valence-corrected chi connectivity index (χ3v) is 5.91. The zero-order chi connectivity index (χ0) is 21.8. The van der Waals surface area contributed by atoms with E-state index < -0.39 is 0 Å². The van der Waals surface area contributed by atoms with Crippen molar-refractivity contribution in [2.45, 2.75) is 38.6 Å². The molecule has 0 saturated carbocycles. The molecule has 162 valence electrons. The number of nitrogens with zero attached hydrogens (tertiary/aromatic N) is 2. The number of nitrogens with one attached hydrogen (secondary N) is 2. The minimum Gasteiger partial charge on any atom is -0.317 e. The molecule has 0 spiro atoms. The second-order valence-corrected chi connectivity index (χ2v) is 7.96. The largest absolute Gasteiger partial charge is 0.326 e. The highest BCUT2D eigenvalue weighted by atomic mass is 16.2. The van der Waals surface area contributed by atoms with E-state index in [1.165, 1.54) is 4.90 Å². The molecule has 0 unspecified atom stereocenters. The second kappa shape index (κ2) is 9.31. The van der Waals surface area contributed by atoms with Gasteiger partial charge in [-0.25, -0.2) is 4.79 Å². The summed E-state index contributed by atoms with van der Waals surface area (Å²) in [6, 6.07) is 15.2. The molecule has 7 nitrogen and oxygen atoms in total. The van der Waals surface area contributed by atoms with E-state index in [1.54, 1.807) is 24.3 Å². The number of unbranched alkanes of at least 4 members (excludes halogenated alkanes) is 1. The Hall–Kier alpha value is -3.19. The lowest BCUT2D eigenvalue weighted by Gasteiger charge is -2.23. The summed E-state index contributed by atoms with van der Waals surface area (Å²) in [4.78, 5) is 39.8. The number of imidazole rings is 1. The SMILES string of the molecule is CCCCN1C(=O)c2ccccc2C1=O.O=c1[nH]c2ccccc2n1C1CCNCC1. The summed E-state index contributed by atoms with van der Waals surface area (Å²) in [5, 5.41) is 3.32. The fraction of sp³-hybridized carbons (Fsp3) is 0.375. The molecular formula is C24H28N4O3. The number of benzene rings is 2. The van der Waals surface area contributed by atoms with Gasteiger partial charge in [-0.15, -0.1) is 0 Å². The number of carbonyl (C=O) groups is 2. The van der Waals surface area contributed by atoms with Crippen LogP contribution in [0.4, 0.5) is 0 Å². The lowest BCUT2D eigenvalue weighted by molar-refractivity contribution is 0.0652. The van der Waals surface area contributed by atoms with E-state index >= 15 is 0 Å². The van der Waals surface area contributed by atoms with Crippen LogP contribution < -0.4 is 11.0 Å². The monoisotopic (exact) mass is 420 g/mol. The van der Waals surface area contributed by atoms with E-state index in [9.17, 15) is 14.4 Å². The molecule has 0 aliphatic carbocycles. The maximum Gasteiger partial charge on any atom is 0.326 e. The first-order chi connectivity index (χ1) is 15.1. The Morgan fingerprint density at radius 3 is 2.16 bits per heavy atom. The first-order valence-corrected chi connectivity index (χ1v) is 11.0. The average molecular weight is 421 g/mol. The molecule has 2 aromatic carbocycles. The van der Waals surface area contributed by atoms with Gasteiger partial charge in [0.05, 0.1) is 22.2 Å². The molecule has 0 bridgehead atoms. The molecule has 3 heterocycles. The number of imide groups is 1. The van der Waals surface area contributed by atoms with Gasteiger partial charge < -0.3 is 10.3 Å². The number of H-pyrrole nitrogens is 1. The van der Waals surface area contributed by atoms with E-state index in [1.807, 2.05) is 35.8 Å². The molecule has 2 aliphatic heterocycles. The fourth-order valence-corrected chi connectivity index (χ4v) is 4.26. The van der Waals surface area contributed by atoms with Gasteiger partial charge in [0.25, 0.3) is 11.8 Å². The summed E-state index contributed by atoms with van der Waals surface area (Å²) in [6.07, 6.45) is 3.91. The zero-order valence-electron chi connectivity index (χ0n) is 17.8. The number of aromatic nitrogens is 2. The summed E-state index contributed by atoms with van der Waals surface area (Å²) >= 11 is 0. The molecule has 7 heteroatoms. The van der Waals surface area contributed by atoms with E-state index in [-0.39, 0.29) is 17.5 Å². The van der Waals surface area contributed by atoms with Gasteiger partial charge in [0.15, 0.2) is 0 Å². The van der Waals surface area contributed by atoms with E-state index in [0.717, 1.165) is 49.8 Å². The number of piperidine rings is 1. The Balaban J connectivity index is 0.000000150. The Labute approximate surface area is 181 Å². The van der Waals surface area contributed by atoms with Crippen LogP contribution >= 0.6 is 0 Å². The van der Waals surface area contributed by atoms with Gasteiger partial charge in [-0.1, -0.05) is 37.6 Å². The molecular weight excluding hydrogens is 392 g/mol. The highest BCUT2D eigenvalue weighted by Gasteiger charge is 2.34. The van der Waals surface area contributed by atoms with Crippen molar-refractivity contribution in [2.75, 3.05) is 19.6 Å². The quantitative estimate of drug-likeness (QED) is 0.634. The predicted octanol–water partition coefficient (Wildman–Crippen LogP) is 3.34. The maximum absolute atomic E-state index is 11.9. The van der Waals surface area contributed by atoms with Crippen LogP contribution in [0.15, 0.2) is 53.3 Å². The van der Waals surface area contributed by atoms with Crippen molar-refractivity contribution in [3.05, 3.63) is 70.1 Å². The first kappa shape index (κ1) is 21.1. The number of hydrogen-bond acceptors (Lipinski definition) is 4. The lowest BCUT2D eigenvalue weighted by Crippen LogP contribution is -2.33. The van der Waals surface area contributed by atoms with Gasteiger partial charge in [-0.2, -0.15) is 0 Å². The number of rotatable bonds is 4. The third-order valence-electron chi connectivity index (χ3n) is 5.91. The number of para-hydroxylation sites is 2. The Morgan fingerprint density at radius 1 is 0.903 bits per heavy atom. The summed E-state index contributed by atoms with van der Waals surface area (Å²) < 4.78 is 1.91. The van der Waals surface area contributed by atoms with Crippen molar-refractivity contribution in [3.63, 3.8) is 0 Å². The summed E-state index contributed by atoms with van der Waals surface area (Å²) in [5.74, 6) is -0.298. The first-order valence-electron chi connectivity index (χ1n) is 11.0. The molecule has 1 aromatic heterocycles. The maximum atomic E-state index is 11.9. The van der Waals surface area contributed by atoms with Crippen molar-refractivity contribution < 1.29 is 9.59 Å². The molecule has 1 saturated heterocycles. The van der Waals surface area contributed by atoms with Gasteiger partial charge in [-0.05, 0) is 56.6 Å². The van der Waals surface area contributed by atoms with Gasteiger partial charge in [-0.3, -0.25) is 19.1 Å². The van der Waals surface area contributed by atoms with Crippen LogP contribution in [0, 0.1) is 0 Å². The zero-order valence-corrected chi connectivity index (χ0v) is 17.8. The highest BCUT2D eigenvalue weighted by Crippen LogP contribution is 2.23. The van der Waals surface area contributed by atoms with Gasteiger partial charge >= 0.3 is 5.69 Å². The number of aromatic amines is 1. The molecule has 0 radical (unpaired) electrons. The lowest BCUT2D eigenvalue weighted by atomic mass is 10.1. The average Bonchev–Trinajstić information content (AvgIpc) is 3.27. The molecule has 2 aliphatic rings. The summed E-state index contributed by atoms with van der Waals surface area (Å²) in [6.45, 7) is 4.56. The van der Waals surface area contributed by atoms with Gasteiger partial charge in [0.1, 0.15) is 0 Å². The molecule has 3 aromatic rings. The molecule has 1 fully saturated rings. The van der Waals surface area contributed by atoms with E-state index in [2.05, 4.69) is 10.3 Å². The summed E-state index contributed by atoms with van der Waals surface area (Å²) in [5.41, 5.74) is 3.07. The number of fused-ring (bicyclic) bond motifs is 2. The van der Waals surface area contributed by atoms with Crippen LogP contribution in [-0.2, 0) is 0 Å². The number of hydrogen-bond donors (Lipinski definition) is 2. The standard InChI is InChI=1S/C12H15N3O.C12H13NO2/c16-12-14-10-3-1-2-4-11(10)15(12)9-5-7-13-8-6-9;1-2-3-8-13-11(14)9-6-4-5-7-10(9)12(13)15/h1-4,9,13H,5-8H2,(H,14,16);4-7H,2-3,8H2,1H3. The summed E-state index contributed by atoms with van der Waals surface area (Å²) in [7, 11) is 0. The van der Waals surface area contributed by atoms with Crippen molar-refractivity contribution in [1.82, 2.24) is 19.8 Å². The van der Waals surface area contributed by atoms with Crippen LogP contribution in [0.1, 0.15) is 59.4 Å². The van der Waals surface area contributed by atoms with Crippen LogP contribution in [0.2, 0.25) is 0 Å². The van der Waals surface area contributed by atoms with Crippen molar-refractivity contribution in [2.24, 2.45) is 0 Å². The number of amides is 2. The second-order valence-electron chi connectivity index (χ2n) is 7.96. The van der Waals surface area contributed by atoms with Crippen LogP contribution in [0.3, 0.4) is 0 Å². The fourth-order valence-electron chi connectivity index (χ4n) is 4.26. The smallest absolute Gasteiger partial charge is 0.317 e. The molecule has 31 heavy (non-hydrogen) atoms. The Kier molecular flexibility index (Phi) is 6.32. The number of carbonyl (C=O) groups excluding carboxylic acids is 2. The normalized spacial score (nSPS) is 16.4. The minimum atomic E-state index is -0.149. The van der Waals surface area contributed by atoms with Crippen molar-refractivity contribution in [3.8, 4) is 0 Å². The van der Waals surface area contributed by atoms with Gasteiger partial charge in [0.2, 0.25) is 0 Å². The van der Waals surface area contributed by atoms with Gasteiger partial charge in [0, 0.05) is 12.6 Å².